The van der Waals surface area contributed by atoms with E-state index < -0.39 is 15.9 Å². The average molecular weight is 262 g/mol. The molecule has 0 bridgehead atoms. The van der Waals surface area contributed by atoms with E-state index in [1.54, 1.807) is 0 Å². The van der Waals surface area contributed by atoms with Gasteiger partial charge in [0.05, 0.1) is 22.5 Å². The van der Waals surface area contributed by atoms with Gasteiger partial charge < -0.3 is 9.29 Å². The Morgan fingerprint density at radius 1 is 1.07 bits per heavy atom. The van der Waals surface area contributed by atoms with E-state index in [0.717, 1.165) is 12.8 Å². The molecule has 0 aliphatic carbocycles. The van der Waals surface area contributed by atoms with Crippen molar-refractivity contribution in [3.05, 3.63) is 0 Å². The molecular weight excluding hydrogens is 243 g/mol. The molecule has 0 fully saturated rings. The molecule has 0 N–H and O–H groups in total. The maximum absolute atomic E-state index is 10.2. The number of unbranched alkanes of at least 4 members (excludes halogenated alkanes) is 4. The Labute approximate surface area is 135 Å². The minimum absolute atomic E-state index is 0. The molecule has 0 saturated heterocycles. The first-order valence-electron chi connectivity index (χ1n) is 5.07. The molecular formula is C9H19KO4S. The first-order chi connectivity index (χ1) is 6.56. The Balaban J connectivity index is 0. The fourth-order valence-electron chi connectivity index (χ4n) is 1.07. The van der Waals surface area contributed by atoms with Gasteiger partial charge in [-0.15, -0.1) is 0 Å². The standard InChI is InChI=1S/C9H20O4S.K/c1-2-3-4-5-6-7-13-8-9-14(10,11)12;/h2-9H2,1H3,(H,10,11,12);/q;+1/p-1. The number of hydrogen-bond acceptors (Lipinski definition) is 4. The molecule has 0 aromatic rings. The fourth-order valence-corrected chi connectivity index (χ4v) is 1.39. The molecule has 86 valence electrons. The second-order valence-electron chi connectivity index (χ2n) is 3.29. The second kappa shape index (κ2) is 12.0. The van der Waals surface area contributed by atoms with Crippen molar-refractivity contribution in [2.24, 2.45) is 0 Å². The van der Waals surface area contributed by atoms with E-state index >= 15 is 0 Å². The average Bonchev–Trinajstić information content (AvgIpc) is 2.08. The van der Waals surface area contributed by atoms with E-state index in [-0.39, 0.29) is 58.0 Å². The normalized spacial score (nSPS) is 11.1. The molecule has 0 heterocycles. The van der Waals surface area contributed by atoms with Crippen molar-refractivity contribution in [1.29, 1.82) is 0 Å². The molecule has 0 aromatic carbocycles. The van der Waals surface area contributed by atoms with E-state index in [9.17, 15) is 13.0 Å². The van der Waals surface area contributed by atoms with Gasteiger partial charge in [0.25, 0.3) is 0 Å². The van der Waals surface area contributed by atoms with Gasteiger partial charge in [-0.3, -0.25) is 0 Å². The van der Waals surface area contributed by atoms with Gasteiger partial charge in [0.2, 0.25) is 0 Å². The Bertz CT molecular complexity index is 216. The van der Waals surface area contributed by atoms with Crippen LogP contribution in [0.4, 0.5) is 0 Å². The molecule has 6 heteroatoms. The molecule has 0 aliphatic rings. The van der Waals surface area contributed by atoms with Crippen molar-refractivity contribution in [2.45, 2.75) is 39.0 Å². The zero-order valence-corrected chi connectivity index (χ0v) is 13.6. The topological polar surface area (TPSA) is 66.4 Å². The van der Waals surface area contributed by atoms with Crippen LogP contribution in [0.1, 0.15) is 39.0 Å². The fraction of sp³-hybridized carbons (Fsp3) is 1.00. The monoisotopic (exact) mass is 262 g/mol. The van der Waals surface area contributed by atoms with Crippen LogP contribution < -0.4 is 51.4 Å². The van der Waals surface area contributed by atoms with E-state index in [1.165, 1.54) is 19.3 Å². The first-order valence-corrected chi connectivity index (χ1v) is 6.65. The number of rotatable bonds is 9. The Morgan fingerprint density at radius 2 is 1.67 bits per heavy atom. The van der Waals surface area contributed by atoms with Crippen LogP contribution in [-0.4, -0.2) is 31.9 Å². The van der Waals surface area contributed by atoms with E-state index in [1.807, 2.05) is 0 Å². The van der Waals surface area contributed by atoms with Crippen molar-refractivity contribution in [3.63, 3.8) is 0 Å². The van der Waals surface area contributed by atoms with Gasteiger partial charge in [0.1, 0.15) is 0 Å². The summed E-state index contributed by atoms with van der Waals surface area (Å²) in [6.45, 7) is 2.73. The summed E-state index contributed by atoms with van der Waals surface area (Å²) < 4.78 is 35.5. The molecule has 0 rings (SSSR count). The van der Waals surface area contributed by atoms with Crippen molar-refractivity contribution in [3.8, 4) is 0 Å². The minimum atomic E-state index is -4.10. The largest absolute Gasteiger partial charge is 1.00 e. The third-order valence-electron chi connectivity index (χ3n) is 1.87. The smallest absolute Gasteiger partial charge is 0.748 e. The molecule has 0 amide bonds. The van der Waals surface area contributed by atoms with Gasteiger partial charge in [0.15, 0.2) is 0 Å². The zero-order valence-electron chi connectivity index (χ0n) is 9.70. The van der Waals surface area contributed by atoms with Crippen LogP contribution in [0.2, 0.25) is 0 Å². The third kappa shape index (κ3) is 18.1. The summed E-state index contributed by atoms with van der Waals surface area (Å²) in [4.78, 5) is 0. The molecule has 0 unspecified atom stereocenters. The van der Waals surface area contributed by atoms with Gasteiger partial charge in [-0.2, -0.15) is 0 Å². The minimum Gasteiger partial charge on any atom is -0.748 e. The quantitative estimate of drug-likeness (QED) is 0.289. The maximum Gasteiger partial charge on any atom is 1.00 e. The summed E-state index contributed by atoms with van der Waals surface area (Å²) in [7, 11) is -4.10. The van der Waals surface area contributed by atoms with Crippen LogP contribution in [0, 0.1) is 0 Å². The maximum atomic E-state index is 10.2. The summed E-state index contributed by atoms with van der Waals surface area (Å²) in [5.74, 6) is -0.415. The van der Waals surface area contributed by atoms with Crippen LogP contribution >= 0.6 is 0 Å². The van der Waals surface area contributed by atoms with Gasteiger partial charge in [-0.1, -0.05) is 32.6 Å². The van der Waals surface area contributed by atoms with E-state index in [4.69, 9.17) is 4.74 Å². The molecule has 4 nitrogen and oxygen atoms in total. The van der Waals surface area contributed by atoms with Crippen LogP contribution in [-0.2, 0) is 14.9 Å². The summed E-state index contributed by atoms with van der Waals surface area (Å²) in [5.41, 5.74) is 0. The van der Waals surface area contributed by atoms with Crippen LogP contribution in [0.5, 0.6) is 0 Å². The van der Waals surface area contributed by atoms with Crippen LogP contribution in [0.25, 0.3) is 0 Å². The predicted octanol–water partition coefficient (Wildman–Crippen LogP) is -1.48. The number of hydrogen-bond donors (Lipinski definition) is 0. The summed E-state index contributed by atoms with van der Waals surface area (Å²) in [6, 6.07) is 0. The molecule has 0 aromatic heterocycles. The molecule has 15 heavy (non-hydrogen) atoms. The Kier molecular flexibility index (Phi) is 15.1. The SMILES string of the molecule is CCCCCCCOCCS(=O)(=O)[O-].[K+]. The zero-order chi connectivity index (χ0) is 10.9. The Morgan fingerprint density at radius 3 is 2.20 bits per heavy atom. The second-order valence-corrected chi connectivity index (χ2v) is 4.81. The van der Waals surface area contributed by atoms with Crippen LogP contribution in [0.15, 0.2) is 0 Å². The molecule has 0 saturated carbocycles. The first kappa shape index (κ1) is 18.9. The van der Waals surface area contributed by atoms with Crippen molar-refractivity contribution < 1.29 is 69.1 Å². The summed E-state index contributed by atoms with van der Waals surface area (Å²) in [6.07, 6.45) is 5.68. The van der Waals surface area contributed by atoms with Gasteiger partial charge in [-0.25, -0.2) is 8.42 Å². The van der Waals surface area contributed by atoms with E-state index in [2.05, 4.69) is 6.92 Å². The predicted molar refractivity (Wildman–Crippen MR) is 54.1 cm³/mol. The molecule has 0 spiro atoms. The van der Waals surface area contributed by atoms with Crippen molar-refractivity contribution in [2.75, 3.05) is 19.0 Å². The summed E-state index contributed by atoms with van der Waals surface area (Å²) >= 11 is 0. The third-order valence-corrected chi connectivity index (χ3v) is 2.54. The van der Waals surface area contributed by atoms with Gasteiger partial charge in [-0.05, 0) is 6.42 Å². The summed E-state index contributed by atoms with van der Waals surface area (Å²) in [5, 5.41) is 0. The Hall–Kier alpha value is 1.51. The van der Waals surface area contributed by atoms with Gasteiger partial charge >= 0.3 is 51.4 Å². The molecule has 0 atom stereocenters. The van der Waals surface area contributed by atoms with Crippen molar-refractivity contribution >= 4 is 10.1 Å². The molecule has 0 aliphatic heterocycles. The van der Waals surface area contributed by atoms with E-state index in [0.29, 0.717) is 6.61 Å². The molecule has 0 radical (unpaired) electrons. The van der Waals surface area contributed by atoms with Crippen LogP contribution in [0.3, 0.4) is 0 Å². The number of ether oxygens (including phenoxy) is 1. The van der Waals surface area contributed by atoms with Gasteiger partial charge in [0, 0.05) is 6.61 Å². The van der Waals surface area contributed by atoms with Crippen molar-refractivity contribution in [1.82, 2.24) is 0 Å².